The minimum Gasteiger partial charge on any atom is -0.480 e. The average Bonchev–Trinajstić information content (AvgIpc) is 2.83. The molecule has 0 aromatic heterocycles. The number of amides is 1. The molecule has 33 heavy (non-hydrogen) atoms. The number of carboxylic acid groups (broad SMARTS) is 1. The second-order valence-corrected chi connectivity index (χ2v) is 8.27. The van der Waals surface area contributed by atoms with E-state index in [4.69, 9.17) is 9.47 Å². The lowest BCUT2D eigenvalue weighted by Gasteiger charge is -2.19. The zero-order chi connectivity index (χ0) is 23.7. The monoisotopic (exact) mass is 455 g/mol. The molecule has 0 bridgehead atoms. The van der Waals surface area contributed by atoms with Gasteiger partial charge in [-0.25, -0.2) is 4.79 Å². The van der Waals surface area contributed by atoms with Gasteiger partial charge in [-0.15, -0.1) is 0 Å². The zero-order valence-electron chi connectivity index (χ0n) is 19.6. The van der Waals surface area contributed by atoms with Crippen LogP contribution < -0.4 is 5.32 Å². The number of unbranched alkanes of at least 4 members (excludes halogenated alkanes) is 2. The van der Waals surface area contributed by atoms with E-state index >= 15 is 0 Å². The molecule has 0 heterocycles. The van der Waals surface area contributed by atoms with Gasteiger partial charge in [-0.2, -0.15) is 0 Å². The Morgan fingerprint density at radius 3 is 2.09 bits per heavy atom. The van der Waals surface area contributed by atoms with Crippen LogP contribution in [-0.4, -0.2) is 35.7 Å². The van der Waals surface area contributed by atoms with Crippen molar-refractivity contribution in [2.24, 2.45) is 0 Å². The van der Waals surface area contributed by atoms with Crippen LogP contribution in [0.1, 0.15) is 63.0 Å². The molecule has 0 saturated heterocycles. The highest BCUT2D eigenvalue weighted by atomic mass is 16.5. The molecule has 0 radical (unpaired) electrons. The lowest BCUT2D eigenvalue weighted by atomic mass is 10.0. The Kier molecular flexibility index (Phi) is 12.9. The van der Waals surface area contributed by atoms with Gasteiger partial charge >= 0.3 is 5.97 Å². The van der Waals surface area contributed by atoms with E-state index in [0.717, 1.165) is 43.2 Å². The number of ether oxygens (including phenoxy) is 2. The number of carbonyl (C=O) groups is 2. The van der Waals surface area contributed by atoms with Gasteiger partial charge in [0.05, 0.1) is 25.9 Å². The van der Waals surface area contributed by atoms with Crippen LogP contribution >= 0.6 is 0 Å². The summed E-state index contributed by atoms with van der Waals surface area (Å²) in [7, 11) is 0. The third kappa shape index (κ3) is 11.6. The van der Waals surface area contributed by atoms with Crippen molar-refractivity contribution in [3.63, 3.8) is 0 Å². The normalized spacial score (nSPS) is 12.8. The van der Waals surface area contributed by atoms with Crippen molar-refractivity contribution >= 4 is 11.9 Å². The summed E-state index contributed by atoms with van der Waals surface area (Å²) in [5, 5.41) is 12.0. The van der Waals surface area contributed by atoms with Gasteiger partial charge in [-0.3, -0.25) is 4.79 Å². The van der Waals surface area contributed by atoms with E-state index in [0.29, 0.717) is 19.6 Å². The van der Waals surface area contributed by atoms with Gasteiger partial charge in [-0.05, 0) is 30.4 Å². The van der Waals surface area contributed by atoms with Crippen LogP contribution in [0.2, 0.25) is 0 Å². The molecular formula is C27H37NO5. The first-order chi connectivity index (χ1) is 16.1. The second-order valence-electron chi connectivity index (χ2n) is 8.27. The molecule has 2 atom stereocenters. The fourth-order valence-electron chi connectivity index (χ4n) is 3.52. The molecule has 0 aliphatic rings. The highest BCUT2D eigenvalue weighted by Crippen LogP contribution is 2.16. The second kappa shape index (κ2) is 16.0. The fraction of sp³-hybridized carbons (Fsp3) is 0.481. The largest absolute Gasteiger partial charge is 0.480 e. The highest BCUT2D eigenvalue weighted by molar-refractivity contribution is 5.83. The summed E-state index contributed by atoms with van der Waals surface area (Å²) >= 11 is 0. The van der Waals surface area contributed by atoms with Crippen LogP contribution in [0.15, 0.2) is 60.7 Å². The van der Waals surface area contributed by atoms with E-state index in [9.17, 15) is 14.7 Å². The quantitative estimate of drug-likeness (QED) is 0.324. The van der Waals surface area contributed by atoms with Crippen LogP contribution in [0, 0.1) is 0 Å². The Bertz CT molecular complexity index is 797. The molecule has 2 rings (SSSR count). The van der Waals surface area contributed by atoms with Gasteiger partial charge in [0.2, 0.25) is 5.91 Å². The summed E-state index contributed by atoms with van der Waals surface area (Å²) in [6.45, 7) is 2.96. The van der Waals surface area contributed by atoms with Crippen LogP contribution in [0.4, 0.5) is 0 Å². The first-order valence-corrected chi connectivity index (χ1v) is 11.9. The topological polar surface area (TPSA) is 84.9 Å². The number of nitrogens with one attached hydrogen (secondary N) is 1. The highest BCUT2D eigenvalue weighted by Gasteiger charge is 2.20. The minimum absolute atomic E-state index is 0.0736. The first-order valence-electron chi connectivity index (χ1n) is 11.9. The van der Waals surface area contributed by atoms with E-state index < -0.39 is 12.0 Å². The van der Waals surface area contributed by atoms with Gasteiger partial charge in [0.1, 0.15) is 0 Å². The maximum absolute atomic E-state index is 12.3. The molecule has 6 nitrogen and oxygen atoms in total. The lowest BCUT2D eigenvalue weighted by Crippen LogP contribution is -2.44. The van der Waals surface area contributed by atoms with Crippen molar-refractivity contribution in [1.29, 1.82) is 0 Å². The number of aliphatic carboxylic acids is 1. The standard InChI is InChI=1S/C27H37NO5/c1-2-3-6-16-24(33-20-23-14-9-5-10-15-23)17-11-18-26(29)28-25(27(30)31)21-32-19-22-12-7-4-8-13-22/h4-5,7-10,12-15,24-25H,2-3,6,11,16-21H2,1H3,(H,28,29)(H,30,31)/t24?,25-/m0/s1. The third-order valence-corrected chi connectivity index (χ3v) is 5.42. The van der Waals surface area contributed by atoms with Gasteiger partial charge in [0.15, 0.2) is 6.04 Å². The van der Waals surface area contributed by atoms with Crippen molar-refractivity contribution in [3.05, 3.63) is 71.8 Å². The van der Waals surface area contributed by atoms with E-state index in [1.165, 1.54) is 0 Å². The maximum atomic E-state index is 12.3. The molecule has 0 spiro atoms. The molecule has 180 valence electrons. The number of hydrogen-bond acceptors (Lipinski definition) is 4. The van der Waals surface area contributed by atoms with E-state index in [2.05, 4.69) is 12.2 Å². The summed E-state index contributed by atoms with van der Waals surface area (Å²) in [6, 6.07) is 18.5. The molecule has 0 fully saturated rings. The molecule has 0 aliphatic carbocycles. The SMILES string of the molecule is CCCCCC(CCCC(=O)N[C@@H](COCc1ccccc1)C(=O)O)OCc1ccccc1. The first kappa shape index (κ1) is 26.6. The van der Waals surface area contributed by atoms with Gasteiger partial charge in [0.25, 0.3) is 0 Å². The van der Waals surface area contributed by atoms with Gasteiger partial charge in [-0.1, -0.05) is 86.8 Å². The molecule has 2 aromatic carbocycles. The predicted molar refractivity (Wildman–Crippen MR) is 129 cm³/mol. The maximum Gasteiger partial charge on any atom is 0.328 e. The Morgan fingerprint density at radius 1 is 0.879 bits per heavy atom. The summed E-state index contributed by atoms with van der Waals surface area (Å²) in [4.78, 5) is 23.9. The number of rotatable bonds is 17. The molecule has 2 aromatic rings. The van der Waals surface area contributed by atoms with Crippen molar-refractivity contribution in [2.45, 2.75) is 77.2 Å². The number of carbonyl (C=O) groups excluding carboxylic acids is 1. The average molecular weight is 456 g/mol. The Balaban J connectivity index is 1.73. The van der Waals surface area contributed by atoms with Crippen LogP contribution in [0.25, 0.3) is 0 Å². The van der Waals surface area contributed by atoms with Crippen LogP contribution in [0.3, 0.4) is 0 Å². The van der Waals surface area contributed by atoms with E-state index in [1.807, 2.05) is 60.7 Å². The number of hydrogen-bond donors (Lipinski definition) is 2. The van der Waals surface area contributed by atoms with E-state index in [-0.39, 0.29) is 25.0 Å². The van der Waals surface area contributed by atoms with Crippen molar-refractivity contribution in [1.82, 2.24) is 5.32 Å². The summed E-state index contributed by atoms with van der Waals surface area (Å²) in [6.07, 6.45) is 6.15. The Morgan fingerprint density at radius 2 is 1.48 bits per heavy atom. The van der Waals surface area contributed by atoms with Crippen molar-refractivity contribution < 1.29 is 24.2 Å². The summed E-state index contributed by atoms with van der Waals surface area (Å²) in [5.74, 6) is -1.37. The number of carboxylic acids is 1. The Labute approximate surface area is 197 Å². The summed E-state index contributed by atoms with van der Waals surface area (Å²) in [5.41, 5.74) is 2.09. The molecule has 6 heteroatoms. The van der Waals surface area contributed by atoms with Gasteiger partial charge in [0, 0.05) is 6.42 Å². The molecule has 0 aliphatic heterocycles. The molecule has 1 amide bonds. The van der Waals surface area contributed by atoms with Crippen molar-refractivity contribution in [2.75, 3.05) is 6.61 Å². The third-order valence-electron chi connectivity index (χ3n) is 5.42. The molecular weight excluding hydrogens is 418 g/mol. The smallest absolute Gasteiger partial charge is 0.328 e. The van der Waals surface area contributed by atoms with Crippen LogP contribution in [0.5, 0.6) is 0 Å². The predicted octanol–water partition coefficient (Wildman–Crippen LogP) is 5.11. The van der Waals surface area contributed by atoms with E-state index in [1.54, 1.807) is 0 Å². The Hall–Kier alpha value is -2.70. The van der Waals surface area contributed by atoms with Gasteiger partial charge < -0.3 is 19.9 Å². The lowest BCUT2D eigenvalue weighted by molar-refractivity contribution is -0.143. The zero-order valence-corrected chi connectivity index (χ0v) is 19.6. The minimum atomic E-state index is -1.10. The summed E-state index contributed by atoms with van der Waals surface area (Å²) < 4.78 is 11.6. The van der Waals surface area contributed by atoms with Crippen LogP contribution in [-0.2, 0) is 32.3 Å². The molecule has 2 N–H and O–H groups in total. The van der Waals surface area contributed by atoms with Crippen molar-refractivity contribution in [3.8, 4) is 0 Å². The number of benzene rings is 2. The molecule has 1 unspecified atom stereocenters. The fourth-order valence-corrected chi connectivity index (χ4v) is 3.52. The molecule has 0 saturated carbocycles.